The van der Waals surface area contributed by atoms with E-state index in [0.29, 0.717) is 5.56 Å². The Labute approximate surface area is 114 Å². The Hall–Kier alpha value is -2.53. The molecule has 2 atom stereocenters. The first-order chi connectivity index (χ1) is 9.58. The van der Waals surface area contributed by atoms with Crippen molar-refractivity contribution in [1.29, 1.82) is 0 Å². The maximum atomic E-state index is 11.8. The molecule has 0 saturated carbocycles. The zero-order chi connectivity index (χ0) is 14.3. The summed E-state index contributed by atoms with van der Waals surface area (Å²) < 4.78 is 5.12. The van der Waals surface area contributed by atoms with Gasteiger partial charge in [0.1, 0.15) is 23.2 Å². The number of benzene rings is 2. The molecule has 3 N–H and O–H groups in total. The molecule has 1 aliphatic rings. The Morgan fingerprint density at radius 1 is 1.10 bits per heavy atom. The maximum absolute atomic E-state index is 11.8. The first kappa shape index (κ1) is 12.5. The summed E-state index contributed by atoms with van der Waals surface area (Å²) in [6.07, 6.45) is -2.01. The van der Waals surface area contributed by atoms with Crippen molar-refractivity contribution in [3.63, 3.8) is 0 Å². The summed E-state index contributed by atoms with van der Waals surface area (Å²) >= 11 is 0. The predicted molar refractivity (Wildman–Crippen MR) is 69.3 cm³/mol. The summed E-state index contributed by atoms with van der Waals surface area (Å²) in [5.41, 5.74) is 0.854. The number of cyclic esters (lactones) is 1. The van der Waals surface area contributed by atoms with Gasteiger partial charge in [0.2, 0.25) is 0 Å². The molecule has 20 heavy (non-hydrogen) atoms. The Bertz CT molecular complexity index is 665. The van der Waals surface area contributed by atoms with Gasteiger partial charge in [-0.05, 0) is 11.6 Å². The van der Waals surface area contributed by atoms with Crippen LogP contribution < -0.4 is 0 Å². The molecule has 0 aliphatic carbocycles. The molecule has 2 aromatic rings. The fourth-order valence-electron chi connectivity index (χ4n) is 2.38. The lowest BCUT2D eigenvalue weighted by Crippen LogP contribution is -2.10. The molecule has 0 saturated heterocycles. The second-order valence-electron chi connectivity index (χ2n) is 4.61. The Morgan fingerprint density at radius 3 is 2.50 bits per heavy atom. The molecular weight excluding hydrogens is 260 g/mol. The molecule has 0 amide bonds. The van der Waals surface area contributed by atoms with E-state index in [1.807, 2.05) is 6.07 Å². The van der Waals surface area contributed by atoms with Gasteiger partial charge in [-0.2, -0.15) is 0 Å². The molecule has 0 unspecified atom stereocenters. The van der Waals surface area contributed by atoms with Crippen LogP contribution in [0.1, 0.15) is 33.7 Å². The predicted octanol–water partition coefficient (Wildman–Crippen LogP) is 2.04. The Morgan fingerprint density at radius 2 is 1.80 bits per heavy atom. The summed E-state index contributed by atoms with van der Waals surface area (Å²) in [6.45, 7) is 0. The van der Waals surface area contributed by atoms with Crippen molar-refractivity contribution in [2.75, 3.05) is 0 Å². The van der Waals surface area contributed by atoms with E-state index in [1.54, 1.807) is 24.3 Å². The van der Waals surface area contributed by atoms with Crippen LogP contribution in [0.15, 0.2) is 42.5 Å². The van der Waals surface area contributed by atoms with Crippen LogP contribution >= 0.6 is 0 Å². The molecule has 0 spiro atoms. The van der Waals surface area contributed by atoms with Crippen molar-refractivity contribution in [3.05, 3.63) is 59.2 Å². The molecular formula is C15H12O5. The van der Waals surface area contributed by atoms with Crippen molar-refractivity contribution in [3.8, 4) is 11.5 Å². The standard InChI is InChI=1S/C15H12O5/c16-9-6-10-12(11(17)7-9)15(19)20-14(10)13(18)8-4-2-1-3-5-8/h1-7,13-14,16-18H/t13-,14+/m1/s1. The van der Waals surface area contributed by atoms with Gasteiger partial charge in [0, 0.05) is 11.6 Å². The first-order valence-electron chi connectivity index (χ1n) is 6.08. The van der Waals surface area contributed by atoms with E-state index in [0.717, 1.165) is 6.07 Å². The topological polar surface area (TPSA) is 87.0 Å². The molecule has 5 heteroatoms. The van der Waals surface area contributed by atoms with Crippen LogP contribution in [0.4, 0.5) is 0 Å². The molecule has 0 bridgehead atoms. The number of fused-ring (bicyclic) bond motifs is 1. The number of aromatic hydroxyl groups is 2. The average Bonchev–Trinajstić information content (AvgIpc) is 2.76. The summed E-state index contributed by atoms with van der Waals surface area (Å²) in [5, 5.41) is 29.6. The van der Waals surface area contributed by atoms with Gasteiger partial charge in [-0.25, -0.2) is 4.79 Å². The van der Waals surface area contributed by atoms with E-state index in [-0.39, 0.29) is 22.6 Å². The Kier molecular flexibility index (Phi) is 2.84. The van der Waals surface area contributed by atoms with Gasteiger partial charge >= 0.3 is 5.97 Å². The summed E-state index contributed by atoms with van der Waals surface area (Å²) in [6, 6.07) is 11.1. The van der Waals surface area contributed by atoms with E-state index < -0.39 is 18.2 Å². The second-order valence-corrected chi connectivity index (χ2v) is 4.61. The minimum Gasteiger partial charge on any atom is -0.508 e. The van der Waals surface area contributed by atoms with E-state index in [9.17, 15) is 20.1 Å². The van der Waals surface area contributed by atoms with Crippen molar-refractivity contribution in [2.45, 2.75) is 12.2 Å². The number of hydrogen-bond acceptors (Lipinski definition) is 5. The van der Waals surface area contributed by atoms with Crippen molar-refractivity contribution in [2.24, 2.45) is 0 Å². The number of hydrogen-bond donors (Lipinski definition) is 3. The number of carbonyl (C=O) groups is 1. The van der Waals surface area contributed by atoms with Gasteiger partial charge in [-0.3, -0.25) is 0 Å². The van der Waals surface area contributed by atoms with Crippen LogP contribution in [-0.2, 0) is 4.74 Å². The maximum Gasteiger partial charge on any atom is 0.343 e. The fourth-order valence-corrected chi connectivity index (χ4v) is 2.38. The quantitative estimate of drug-likeness (QED) is 0.728. The van der Waals surface area contributed by atoms with Gasteiger partial charge in [-0.15, -0.1) is 0 Å². The van der Waals surface area contributed by atoms with Crippen LogP contribution in [-0.4, -0.2) is 21.3 Å². The number of carbonyl (C=O) groups excluding carboxylic acids is 1. The molecule has 1 aliphatic heterocycles. The van der Waals surface area contributed by atoms with Gasteiger partial charge in [-0.1, -0.05) is 30.3 Å². The lowest BCUT2D eigenvalue weighted by atomic mass is 9.96. The largest absolute Gasteiger partial charge is 0.508 e. The molecule has 102 valence electrons. The third-order valence-corrected chi connectivity index (χ3v) is 3.31. The van der Waals surface area contributed by atoms with Crippen molar-refractivity contribution >= 4 is 5.97 Å². The van der Waals surface area contributed by atoms with Crippen LogP contribution in [0.2, 0.25) is 0 Å². The number of phenolic OH excluding ortho intramolecular Hbond substituents is 2. The van der Waals surface area contributed by atoms with Crippen LogP contribution in [0, 0.1) is 0 Å². The first-order valence-corrected chi connectivity index (χ1v) is 6.08. The third kappa shape index (κ3) is 1.88. The normalized spacial score (nSPS) is 18.4. The zero-order valence-electron chi connectivity index (χ0n) is 10.4. The minimum atomic E-state index is -1.07. The van der Waals surface area contributed by atoms with Gasteiger partial charge < -0.3 is 20.1 Å². The van der Waals surface area contributed by atoms with E-state index in [4.69, 9.17) is 4.74 Å². The summed E-state index contributed by atoms with van der Waals surface area (Å²) in [4.78, 5) is 11.8. The number of aliphatic hydroxyl groups is 1. The number of ether oxygens (including phenoxy) is 1. The highest BCUT2D eigenvalue weighted by Gasteiger charge is 2.39. The molecule has 3 rings (SSSR count). The Balaban J connectivity index is 2.05. The van der Waals surface area contributed by atoms with Gasteiger partial charge in [0.05, 0.1) is 0 Å². The fraction of sp³-hybridized carbons (Fsp3) is 0.133. The number of aliphatic hydroxyl groups excluding tert-OH is 1. The minimum absolute atomic E-state index is 0.0113. The monoisotopic (exact) mass is 272 g/mol. The number of esters is 1. The number of phenols is 2. The molecule has 0 fully saturated rings. The van der Waals surface area contributed by atoms with Crippen LogP contribution in [0.5, 0.6) is 11.5 Å². The number of rotatable bonds is 2. The lowest BCUT2D eigenvalue weighted by molar-refractivity contribution is -0.0103. The third-order valence-electron chi connectivity index (χ3n) is 3.31. The summed E-state index contributed by atoms with van der Waals surface area (Å²) in [5.74, 6) is -1.25. The molecule has 5 nitrogen and oxygen atoms in total. The molecule has 2 aromatic carbocycles. The SMILES string of the molecule is O=C1O[C@H]([C@H](O)c2ccccc2)c2cc(O)cc(O)c21. The molecule has 1 heterocycles. The van der Waals surface area contributed by atoms with E-state index in [1.165, 1.54) is 6.07 Å². The van der Waals surface area contributed by atoms with Gasteiger partial charge in [0.25, 0.3) is 0 Å². The highest BCUT2D eigenvalue weighted by atomic mass is 16.6. The zero-order valence-corrected chi connectivity index (χ0v) is 10.4. The summed E-state index contributed by atoms with van der Waals surface area (Å²) in [7, 11) is 0. The van der Waals surface area contributed by atoms with E-state index in [2.05, 4.69) is 0 Å². The highest BCUT2D eigenvalue weighted by Crippen LogP contribution is 2.44. The second kappa shape index (κ2) is 4.54. The van der Waals surface area contributed by atoms with Crippen molar-refractivity contribution in [1.82, 2.24) is 0 Å². The average molecular weight is 272 g/mol. The highest BCUT2D eigenvalue weighted by molar-refractivity contribution is 5.97. The van der Waals surface area contributed by atoms with Gasteiger partial charge in [0.15, 0.2) is 6.10 Å². The lowest BCUT2D eigenvalue weighted by Gasteiger charge is -2.18. The molecule has 0 aromatic heterocycles. The smallest absolute Gasteiger partial charge is 0.343 e. The van der Waals surface area contributed by atoms with E-state index >= 15 is 0 Å². The molecule has 0 radical (unpaired) electrons. The van der Waals surface area contributed by atoms with Crippen molar-refractivity contribution < 1.29 is 24.9 Å². The van der Waals surface area contributed by atoms with Crippen LogP contribution in [0.25, 0.3) is 0 Å². The van der Waals surface area contributed by atoms with Crippen LogP contribution in [0.3, 0.4) is 0 Å².